The molecule has 0 N–H and O–H groups in total. The molecule has 0 aliphatic carbocycles. The third-order valence-corrected chi connectivity index (χ3v) is 18.1. The maximum Gasteiger partial charge on any atom is 0.357 e. The molecule has 18 heteroatoms. The van der Waals surface area contributed by atoms with Crippen LogP contribution in [0.5, 0.6) is 0 Å². The van der Waals surface area contributed by atoms with Gasteiger partial charge >= 0.3 is 21.2 Å². The van der Waals surface area contributed by atoms with Crippen molar-refractivity contribution in [3.63, 3.8) is 0 Å². The van der Waals surface area contributed by atoms with Crippen molar-refractivity contribution in [3.8, 4) is 44.5 Å². The molecule has 0 saturated heterocycles. The molecule has 0 fully saturated rings. The van der Waals surface area contributed by atoms with Gasteiger partial charge in [0.2, 0.25) is 0 Å². The van der Waals surface area contributed by atoms with Gasteiger partial charge in [-0.15, -0.1) is 21.9 Å². The number of rotatable bonds is 15. The van der Waals surface area contributed by atoms with Gasteiger partial charge in [-0.3, -0.25) is 0 Å². The van der Waals surface area contributed by atoms with Gasteiger partial charge in [-0.05, 0) is 87.2 Å². The highest BCUT2D eigenvalue weighted by molar-refractivity contribution is 7.20. The smallest absolute Gasteiger partial charge is 0.207 e. The fourth-order valence-electron chi connectivity index (χ4n) is 10.8. The number of benzene rings is 10. The number of hydrogen-bond donors (Lipinski definition) is 0. The minimum atomic E-state index is -6.94. The summed E-state index contributed by atoms with van der Waals surface area (Å²) in [6, 6.07) is 33.2. The Morgan fingerprint density at radius 2 is 0.489 bits per heavy atom. The van der Waals surface area contributed by atoms with E-state index in [1.165, 1.54) is 42.6 Å². The monoisotopic (exact) mass is 1350 g/mol. The summed E-state index contributed by atoms with van der Waals surface area (Å²) in [6.45, 7) is 20.5. The van der Waals surface area contributed by atoms with Crippen LogP contribution in [0.4, 0.5) is 70.2 Å². The first-order valence-electron chi connectivity index (χ1n) is 27.2. The van der Waals surface area contributed by atoms with E-state index >= 15 is 70.2 Å². The zero-order chi connectivity index (χ0) is 65.4. The first kappa shape index (κ1) is 65.3. The molecule has 0 aromatic heterocycles. The minimum Gasteiger partial charge on any atom is -0.207 e. The third-order valence-electron chi connectivity index (χ3n) is 15.4. The quantitative estimate of drug-likeness (QED) is 0.0415. The average molecular weight is 1350 g/mol. The van der Waals surface area contributed by atoms with Gasteiger partial charge in [-0.25, -0.2) is 70.2 Å². The number of aryl methyl sites for hydroxylation is 1. The molecule has 90 heavy (non-hydrogen) atoms. The Morgan fingerprint density at radius 1 is 0.289 bits per heavy atom. The van der Waals surface area contributed by atoms with E-state index in [2.05, 4.69) is 95.6 Å². The van der Waals surface area contributed by atoms with E-state index in [-0.39, 0.29) is 43.5 Å². The van der Waals surface area contributed by atoms with Gasteiger partial charge < -0.3 is 0 Å². The molecule has 0 nitrogen and oxygen atoms in total. The molecular formula is C72H46BF16I. The van der Waals surface area contributed by atoms with Crippen LogP contribution >= 0.6 is 0 Å². The van der Waals surface area contributed by atoms with E-state index in [1.54, 1.807) is 0 Å². The molecule has 0 aliphatic heterocycles. The Morgan fingerprint density at radius 3 is 0.678 bits per heavy atom. The van der Waals surface area contributed by atoms with E-state index < -0.39 is 166 Å². The zero-order valence-electron chi connectivity index (χ0n) is 47.6. The van der Waals surface area contributed by atoms with Gasteiger partial charge in [0.1, 0.15) is 52.7 Å². The lowest BCUT2D eigenvalue weighted by Crippen LogP contribution is -3.61. The van der Waals surface area contributed by atoms with Gasteiger partial charge in [-0.2, -0.15) is 0 Å². The van der Waals surface area contributed by atoms with Crippen molar-refractivity contribution >= 4 is 52.3 Å². The van der Waals surface area contributed by atoms with Crippen molar-refractivity contribution in [2.75, 3.05) is 0 Å². The molecular weight excluding hydrogens is 1310 g/mol. The Hall–Kier alpha value is -9.17. The standard InChI is InChI=1S/C56H28BF16.C16H18I/c1-5-25-9-17-29(18-10-25)33-41(58)49(66)37(50(67)42(33)59)57(38-51(68)43(60)34(44(61)52(38)69)30-19-11-26(6-2)12-20-30,39-53(70)45(62)35(46(63)54(39)71)31-21-13-27(7-3)14-22-31)40-55(72)47(64)36(48(65)56(40)73)32-23-15-28(8-4)16-24-32;1-12(2)14-6-10-16(11-7-14)17-15-8-4-13(3)5-9-15/h5-24H,1-4H2;4-12H,1-3H3/q-1;+1. The van der Waals surface area contributed by atoms with Crippen LogP contribution in [0.25, 0.3) is 68.8 Å². The van der Waals surface area contributed by atoms with Crippen molar-refractivity contribution in [3.05, 3.63) is 306 Å². The first-order chi connectivity index (χ1) is 42.9. The van der Waals surface area contributed by atoms with Gasteiger partial charge in [0.25, 0.3) is 0 Å². The zero-order valence-corrected chi connectivity index (χ0v) is 49.7. The Balaban J connectivity index is 0.000000485. The van der Waals surface area contributed by atoms with Gasteiger partial charge in [0.05, 0.1) is 22.3 Å². The summed E-state index contributed by atoms with van der Waals surface area (Å²) in [6.07, 6.45) is -2.14. The summed E-state index contributed by atoms with van der Waals surface area (Å²) in [5, 5.41) is 0. The second-order valence-electron chi connectivity index (χ2n) is 20.9. The van der Waals surface area contributed by atoms with Crippen molar-refractivity contribution in [2.45, 2.75) is 26.7 Å². The highest BCUT2D eigenvalue weighted by Gasteiger charge is 2.52. The summed E-state index contributed by atoms with van der Waals surface area (Å²) in [7, 11) is 0. The van der Waals surface area contributed by atoms with Crippen LogP contribution in [0.2, 0.25) is 0 Å². The molecule has 0 spiro atoms. The van der Waals surface area contributed by atoms with Gasteiger partial charge in [-0.1, -0.05) is 191 Å². The topological polar surface area (TPSA) is 0 Å². The van der Waals surface area contributed by atoms with Crippen LogP contribution in [-0.4, -0.2) is 6.15 Å². The number of hydrogen-bond acceptors (Lipinski definition) is 0. The highest BCUT2D eigenvalue weighted by atomic mass is 127. The lowest BCUT2D eigenvalue weighted by atomic mass is 9.12. The molecule has 0 atom stereocenters. The van der Waals surface area contributed by atoms with Crippen molar-refractivity contribution in [2.24, 2.45) is 0 Å². The molecule has 10 aromatic rings. The largest absolute Gasteiger partial charge is 0.357 e. The van der Waals surface area contributed by atoms with Gasteiger partial charge in [0, 0.05) is 0 Å². The predicted octanol–water partition coefficient (Wildman–Crippen LogP) is 15.8. The molecule has 0 aliphatic rings. The molecule has 456 valence electrons. The molecule has 0 saturated carbocycles. The normalized spacial score (nSPS) is 11.4. The Labute approximate surface area is 517 Å². The van der Waals surface area contributed by atoms with Crippen LogP contribution in [0.1, 0.15) is 53.1 Å². The average Bonchev–Trinajstić information content (AvgIpc) is 0.683. The molecule has 0 heterocycles. The molecule has 0 unspecified atom stereocenters. The second kappa shape index (κ2) is 26.5. The number of halogens is 17. The van der Waals surface area contributed by atoms with Crippen LogP contribution in [0, 0.1) is 107 Å². The van der Waals surface area contributed by atoms with E-state index in [0.29, 0.717) is 5.92 Å². The van der Waals surface area contributed by atoms with Crippen LogP contribution < -0.4 is 43.1 Å². The van der Waals surface area contributed by atoms with Crippen LogP contribution in [-0.2, 0) is 0 Å². The molecule has 0 bridgehead atoms. The molecule has 0 radical (unpaired) electrons. The second-order valence-corrected chi connectivity index (χ2v) is 24.0. The summed E-state index contributed by atoms with van der Waals surface area (Å²) in [5.41, 5.74) is -18.9. The maximum atomic E-state index is 17.6. The van der Waals surface area contributed by atoms with Crippen LogP contribution in [0.15, 0.2) is 172 Å². The summed E-state index contributed by atoms with van der Waals surface area (Å²) in [4.78, 5) is 0. The van der Waals surface area contributed by atoms with Crippen molar-refractivity contribution in [1.82, 2.24) is 0 Å². The molecule has 10 rings (SSSR count). The molecule has 0 amide bonds. The first-order valence-corrected chi connectivity index (χ1v) is 29.4. The van der Waals surface area contributed by atoms with Crippen molar-refractivity contribution < 1.29 is 91.5 Å². The SMILES string of the molecule is C=Cc1ccc(-c2c(F)c(F)c([B-](c3c(F)c(F)c(-c4ccc(C=C)cc4)c(F)c3F)(c3c(F)c(F)c(-c4ccc(C=C)cc4)c(F)c3F)c3c(F)c(F)c(-c4ccc(C=C)cc4)c(F)c3F)c(F)c2F)cc1.Cc1ccc([I+]c2ccc(C(C)C)cc2)cc1. The Kier molecular flexibility index (Phi) is 19.2. The molecule has 10 aromatic carbocycles. The minimum absolute atomic E-state index is 0.0167. The van der Waals surface area contributed by atoms with E-state index in [9.17, 15) is 0 Å². The summed E-state index contributed by atoms with van der Waals surface area (Å²) < 4.78 is 280. The van der Waals surface area contributed by atoms with Gasteiger partial charge in [0.15, 0.2) is 53.7 Å². The van der Waals surface area contributed by atoms with E-state index in [1.807, 2.05) is 0 Å². The Bertz CT molecular complexity index is 3870. The van der Waals surface area contributed by atoms with Crippen LogP contribution in [0.3, 0.4) is 0 Å². The van der Waals surface area contributed by atoms with E-state index in [4.69, 9.17) is 0 Å². The summed E-state index contributed by atoms with van der Waals surface area (Å²) >= 11 is -0.0167. The van der Waals surface area contributed by atoms with Crippen molar-refractivity contribution in [1.29, 1.82) is 0 Å². The lowest BCUT2D eigenvalue weighted by Gasteiger charge is -2.45. The maximum absolute atomic E-state index is 17.6. The predicted molar refractivity (Wildman–Crippen MR) is 321 cm³/mol. The highest BCUT2D eigenvalue weighted by Crippen LogP contribution is 2.39. The van der Waals surface area contributed by atoms with E-state index in [0.717, 1.165) is 97.1 Å². The fourth-order valence-corrected chi connectivity index (χ4v) is 12.9. The fraction of sp³-hybridized carbons (Fsp3) is 0.0556. The summed E-state index contributed by atoms with van der Waals surface area (Å²) in [5.74, 6) is -46.8. The third kappa shape index (κ3) is 11.6. The lowest BCUT2D eigenvalue weighted by molar-refractivity contribution is -0.597.